The zero-order valence-corrected chi connectivity index (χ0v) is 8.16. The molecule has 0 spiro atoms. The van der Waals surface area contributed by atoms with Crippen LogP contribution in [0.25, 0.3) is 0 Å². The number of hydrogen-bond acceptors (Lipinski definition) is 2. The van der Waals surface area contributed by atoms with Crippen LogP contribution in [0.5, 0.6) is 0 Å². The van der Waals surface area contributed by atoms with E-state index in [1.54, 1.807) is 11.3 Å². The lowest BCUT2D eigenvalue weighted by molar-refractivity contribution is 0.0477. The van der Waals surface area contributed by atoms with Gasteiger partial charge in [0.05, 0.1) is 5.60 Å². The smallest absolute Gasteiger partial charge is 0.0990 e. The molecule has 2 rings (SSSR count). The third kappa shape index (κ3) is 1.19. The van der Waals surface area contributed by atoms with Gasteiger partial charge in [0.1, 0.15) is 0 Å². The van der Waals surface area contributed by atoms with E-state index < -0.39 is 5.60 Å². The Morgan fingerprint density at radius 1 is 1.42 bits per heavy atom. The molecule has 0 saturated heterocycles. The molecular weight excluding hydrogens is 168 g/mol. The van der Waals surface area contributed by atoms with E-state index in [1.807, 2.05) is 0 Å². The molecule has 66 valence electrons. The van der Waals surface area contributed by atoms with Crippen LogP contribution >= 0.6 is 11.3 Å². The molecule has 0 bridgehead atoms. The monoisotopic (exact) mass is 182 g/mol. The Labute approximate surface area is 77.0 Å². The Bertz CT molecular complexity index is 271. The molecule has 0 aliphatic heterocycles. The Balaban J connectivity index is 2.34. The highest BCUT2D eigenvalue weighted by Crippen LogP contribution is 2.42. The van der Waals surface area contributed by atoms with Gasteiger partial charge in [-0.15, -0.1) is 11.3 Å². The summed E-state index contributed by atoms with van der Waals surface area (Å²) in [6.45, 7) is 2.09. The second-order valence-electron chi connectivity index (χ2n) is 3.67. The van der Waals surface area contributed by atoms with E-state index in [4.69, 9.17) is 0 Å². The van der Waals surface area contributed by atoms with Crippen LogP contribution in [0.4, 0.5) is 0 Å². The maximum atomic E-state index is 10.2. The zero-order valence-electron chi connectivity index (χ0n) is 7.34. The van der Waals surface area contributed by atoms with Crippen LogP contribution in [0.15, 0.2) is 11.4 Å². The first kappa shape index (κ1) is 8.27. The third-order valence-electron chi connectivity index (χ3n) is 2.72. The minimum atomic E-state index is -0.474. The number of thiophene rings is 1. The average Bonchev–Trinajstić information content (AvgIpc) is 2.59. The molecule has 1 N–H and O–H groups in total. The van der Waals surface area contributed by atoms with Crippen LogP contribution in [-0.4, -0.2) is 5.11 Å². The molecule has 1 saturated carbocycles. The van der Waals surface area contributed by atoms with E-state index in [1.165, 1.54) is 23.3 Å². The number of hydrogen-bond donors (Lipinski definition) is 1. The minimum absolute atomic E-state index is 0.474. The maximum absolute atomic E-state index is 10.2. The third-order valence-corrected chi connectivity index (χ3v) is 3.93. The molecular formula is C10H14OS. The van der Waals surface area contributed by atoms with Gasteiger partial charge in [-0.25, -0.2) is 0 Å². The Morgan fingerprint density at radius 3 is 2.58 bits per heavy atom. The molecule has 1 aromatic rings. The van der Waals surface area contributed by atoms with Crippen molar-refractivity contribution in [1.29, 1.82) is 0 Å². The molecule has 0 unspecified atom stereocenters. The number of rotatable bonds is 1. The summed E-state index contributed by atoms with van der Waals surface area (Å²) >= 11 is 1.70. The SMILES string of the molecule is Cc1ccsc1C1(O)CCCC1. The standard InChI is InChI=1S/C10H14OS/c1-8-4-7-12-9(8)10(11)5-2-3-6-10/h4,7,11H,2-3,5-6H2,1H3. The highest BCUT2D eigenvalue weighted by Gasteiger charge is 2.34. The van der Waals surface area contributed by atoms with Crippen molar-refractivity contribution in [1.82, 2.24) is 0 Å². The van der Waals surface area contributed by atoms with Gasteiger partial charge in [-0.05, 0) is 36.8 Å². The summed E-state index contributed by atoms with van der Waals surface area (Å²) in [5, 5.41) is 12.3. The van der Waals surface area contributed by atoms with Crippen molar-refractivity contribution >= 4 is 11.3 Å². The Kier molecular flexibility index (Phi) is 1.97. The van der Waals surface area contributed by atoms with Crippen LogP contribution in [0.2, 0.25) is 0 Å². The van der Waals surface area contributed by atoms with E-state index in [2.05, 4.69) is 18.4 Å². The summed E-state index contributed by atoms with van der Waals surface area (Å²) in [6.07, 6.45) is 4.25. The second kappa shape index (κ2) is 2.86. The van der Waals surface area contributed by atoms with Gasteiger partial charge in [0, 0.05) is 4.88 Å². The molecule has 2 heteroatoms. The van der Waals surface area contributed by atoms with Crippen LogP contribution in [0.3, 0.4) is 0 Å². The normalized spacial score (nSPS) is 21.5. The lowest BCUT2D eigenvalue weighted by atomic mass is 9.98. The Morgan fingerprint density at radius 2 is 2.08 bits per heavy atom. The van der Waals surface area contributed by atoms with Gasteiger partial charge in [-0.1, -0.05) is 12.8 Å². The molecule has 1 fully saturated rings. The maximum Gasteiger partial charge on any atom is 0.0990 e. The van der Waals surface area contributed by atoms with Crippen molar-refractivity contribution in [2.45, 2.75) is 38.2 Å². The average molecular weight is 182 g/mol. The quantitative estimate of drug-likeness (QED) is 0.708. The van der Waals surface area contributed by atoms with Crippen molar-refractivity contribution < 1.29 is 5.11 Å². The second-order valence-corrected chi connectivity index (χ2v) is 4.59. The fraction of sp³-hybridized carbons (Fsp3) is 0.600. The number of aliphatic hydroxyl groups is 1. The summed E-state index contributed by atoms with van der Waals surface area (Å²) in [4.78, 5) is 1.19. The van der Waals surface area contributed by atoms with E-state index in [9.17, 15) is 5.11 Å². The molecule has 0 amide bonds. The van der Waals surface area contributed by atoms with Gasteiger partial charge < -0.3 is 5.11 Å². The Hall–Kier alpha value is -0.340. The predicted molar refractivity (Wildman–Crippen MR) is 51.4 cm³/mol. The van der Waals surface area contributed by atoms with Crippen molar-refractivity contribution in [3.63, 3.8) is 0 Å². The molecule has 0 radical (unpaired) electrons. The van der Waals surface area contributed by atoms with E-state index in [0.29, 0.717) is 0 Å². The molecule has 0 atom stereocenters. The fourth-order valence-electron chi connectivity index (χ4n) is 2.04. The largest absolute Gasteiger partial charge is 0.384 e. The zero-order chi connectivity index (χ0) is 8.60. The lowest BCUT2D eigenvalue weighted by Gasteiger charge is -2.21. The first-order valence-electron chi connectivity index (χ1n) is 4.49. The molecule has 1 aliphatic carbocycles. The highest BCUT2D eigenvalue weighted by atomic mass is 32.1. The van der Waals surface area contributed by atoms with Crippen molar-refractivity contribution in [2.24, 2.45) is 0 Å². The summed E-state index contributed by atoms with van der Waals surface area (Å²) in [6, 6.07) is 2.09. The van der Waals surface area contributed by atoms with Gasteiger partial charge >= 0.3 is 0 Å². The van der Waals surface area contributed by atoms with Gasteiger partial charge in [-0.2, -0.15) is 0 Å². The minimum Gasteiger partial charge on any atom is -0.384 e. The summed E-state index contributed by atoms with van der Waals surface area (Å²) in [5.74, 6) is 0. The van der Waals surface area contributed by atoms with E-state index >= 15 is 0 Å². The first-order chi connectivity index (χ1) is 5.72. The molecule has 1 heterocycles. The van der Waals surface area contributed by atoms with Crippen LogP contribution in [0.1, 0.15) is 36.1 Å². The molecule has 1 nitrogen and oxygen atoms in total. The van der Waals surface area contributed by atoms with Gasteiger partial charge in [0.15, 0.2) is 0 Å². The fourth-order valence-corrected chi connectivity index (χ4v) is 3.12. The molecule has 12 heavy (non-hydrogen) atoms. The van der Waals surface area contributed by atoms with Crippen LogP contribution in [-0.2, 0) is 5.60 Å². The molecule has 1 aromatic heterocycles. The molecule has 1 aliphatic rings. The van der Waals surface area contributed by atoms with Gasteiger partial charge in [0.25, 0.3) is 0 Å². The first-order valence-corrected chi connectivity index (χ1v) is 5.37. The van der Waals surface area contributed by atoms with Crippen molar-refractivity contribution in [3.8, 4) is 0 Å². The predicted octanol–water partition coefficient (Wildman–Crippen LogP) is 2.82. The van der Waals surface area contributed by atoms with E-state index in [0.717, 1.165) is 12.8 Å². The van der Waals surface area contributed by atoms with E-state index in [-0.39, 0.29) is 0 Å². The number of aryl methyl sites for hydroxylation is 1. The van der Waals surface area contributed by atoms with Gasteiger partial charge in [-0.3, -0.25) is 0 Å². The van der Waals surface area contributed by atoms with Gasteiger partial charge in [0.2, 0.25) is 0 Å². The topological polar surface area (TPSA) is 20.2 Å². The lowest BCUT2D eigenvalue weighted by Crippen LogP contribution is -2.20. The van der Waals surface area contributed by atoms with Crippen molar-refractivity contribution in [3.05, 3.63) is 21.9 Å². The highest BCUT2D eigenvalue weighted by molar-refractivity contribution is 7.10. The summed E-state index contributed by atoms with van der Waals surface area (Å²) in [5.41, 5.74) is 0.780. The van der Waals surface area contributed by atoms with Crippen LogP contribution in [0, 0.1) is 6.92 Å². The van der Waals surface area contributed by atoms with Crippen molar-refractivity contribution in [2.75, 3.05) is 0 Å². The van der Waals surface area contributed by atoms with Crippen LogP contribution < -0.4 is 0 Å². The summed E-state index contributed by atoms with van der Waals surface area (Å²) in [7, 11) is 0. The summed E-state index contributed by atoms with van der Waals surface area (Å²) < 4.78 is 0. The molecule has 0 aromatic carbocycles.